The average molecular weight is 330 g/mol. The van der Waals surface area contributed by atoms with Gasteiger partial charge in [0.15, 0.2) is 0 Å². The van der Waals surface area contributed by atoms with E-state index in [1.54, 1.807) is 6.92 Å². The number of rotatable bonds is 12. The number of hydrogen-bond donors (Lipinski definition) is 2. The molecule has 0 aliphatic carbocycles. The van der Waals surface area contributed by atoms with Crippen molar-refractivity contribution in [1.82, 2.24) is 6.15 Å². The van der Waals surface area contributed by atoms with Crippen LogP contribution in [0.2, 0.25) is 0 Å². The van der Waals surface area contributed by atoms with Gasteiger partial charge in [-0.15, -0.1) is 0 Å². The number of aliphatic hydroxyl groups excluding tert-OH is 1. The molecule has 0 radical (unpaired) electrons. The Bertz CT molecular complexity index is 271. The van der Waals surface area contributed by atoms with Crippen molar-refractivity contribution in [1.29, 1.82) is 0 Å². The first kappa shape index (κ1) is 25.7. The molecule has 0 aromatic heterocycles. The topological polar surface area (TPSA) is 123 Å². The van der Waals surface area contributed by atoms with Gasteiger partial charge in [-0.25, -0.2) is 8.42 Å². The van der Waals surface area contributed by atoms with E-state index in [1.807, 2.05) is 0 Å². The highest BCUT2D eigenvalue weighted by molar-refractivity contribution is 7.80. The fraction of sp³-hybridized carbons (Fsp3) is 1.00. The van der Waals surface area contributed by atoms with Crippen molar-refractivity contribution in [2.45, 2.75) is 78.1 Å². The van der Waals surface area contributed by atoms with Gasteiger partial charge in [0.25, 0.3) is 0 Å². The van der Waals surface area contributed by atoms with Gasteiger partial charge >= 0.3 is 0 Å². The molecule has 0 saturated heterocycles. The van der Waals surface area contributed by atoms with Crippen molar-refractivity contribution in [2.24, 2.45) is 0 Å². The van der Waals surface area contributed by atoms with Gasteiger partial charge < -0.3 is 15.8 Å². The minimum absolute atomic E-state index is 0. The maximum absolute atomic E-state index is 10.1. The van der Waals surface area contributed by atoms with Crippen LogP contribution in [0.25, 0.3) is 0 Å². The second kappa shape index (κ2) is 19.8. The summed E-state index contributed by atoms with van der Waals surface area (Å²) in [5.41, 5.74) is 0. The fourth-order valence-electron chi connectivity index (χ4n) is 1.75. The van der Waals surface area contributed by atoms with E-state index >= 15 is 0 Å². The summed E-state index contributed by atoms with van der Waals surface area (Å²) >= 11 is 0. The molecule has 0 fully saturated rings. The Morgan fingerprint density at radius 3 is 1.52 bits per heavy atom. The molecule has 0 bridgehead atoms. The SMILES string of the molecule is CCCCCCCCCCCCOS(=O)(=O)[O-].CCO.[NH4+]. The summed E-state index contributed by atoms with van der Waals surface area (Å²) in [5.74, 6) is 0. The van der Waals surface area contributed by atoms with Gasteiger partial charge in [-0.1, -0.05) is 64.7 Å². The third-order valence-electron chi connectivity index (χ3n) is 2.73. The lowest BCUT2D eigenvalue weighted by atomic mass is 10.1. The lowest BCUT2D eigenvalue weighted by Gasteiger charge is -2.06. The monoisotopic (exact) mass is 329 g/mol. The van der Waals surface area contributed by atoms with Crippen LogP contribution in [0.3, 0.4) is 0 Å². The van der Waals surface area contributed by atoms with Crippen molar-refractivity contribution >= 4 is 10.4 Å². The van der Waals surface area contributed by atoms with Gasteiger partial charge in [-0.2, -0.15) is 0 Å². The molecule has 21 heavy (non-hydrogen) atoms. The maximum Gasteiger partial charge on any atom is 0.217 e. The molecular weight excluding hydrogens is 294 g/mol. The van der Waals surface area contributed by atoms with Gasteiger partial charge in [0, 0.05) is 6.61 Å². The standard InChI is InChI=1S/C12H26O4S.C2H6O.H3N/c1-2-3-4-5-6-7-8-9-10-11-12-16-17(13,14)15;1-2-3;/h2-12H2,1H3,(H,13,14,15);3H,2H2,1H3;1H3. The zero-order valence-corrected chi connectivity index (χ0v) is 14.8. The Balaban J connectivity index is -0.000000740. The quantitative estimate of drug-likeness (QED) is 0.320. The minimum atomic E-state index is -4.48. The van der Waals surface area contributed by atoms with E-state index in [0.29, 0.717) is 6.42 Å². The van der Waals surface area contributed by atoms with Crippen molar-refractivity contribution in [3.63, 3.8) is 0 Å². The molecule has 0 amide bonds. The summed E-state index contributed by atoms with van der Waals surface area (Å²) in [6.45, 7) is 4.17. The predicted octanol–water partition coefficient (Wildman–Crippen LogP) is 3.76. The van der Waals surface area contributed by atoms with E-state index in [-0.39, 0.29) is 19.4 Å². The second-order valence-corrected chi connectivity index (χ2v) is 5.78. The summed E-state index contributed by atoms with van der Waals surface area (Å²) in [7, 11) is -4.48. The molecule has 0 saturated carbocycles. The molecule has 0 aliphatic heterocycles. The summed E-state index contributed by atoms with van der Waals surface area (Å²) in [6.07, 6.45) is 11.7. The van der Waals surface area contributed by atoms with Crippen LogP contribution in [0, 0.1) is 0 Å². The van der Waals surface area contributed by atoms with Gasteiger partial charge in [0.2, 0.25) is 10.4 Å². The Kier molecular flexibility index (Phi) is 24.2. The van der Waals surface area contributed by atoms with E-state index in [4.69, 9.17) is 5.11 Å². The van der Waals surface area contributed by atoms with E-state index in [0.717, 1.165) is 12.8 Å². The van der Waals surface area contributed by atoms with Gasteiger partial charge in [0.05, 0.1) is 6.61 Å². The number of unbranched alkanes of at least 4 members (excludes halogenated alkanes) is 9. The largest absolute Gasteiger partial charge is 0.726 e. The zero-order valence-electron chi connectivity index (χ0n) is 14.0. The minimum Gasteiger partial charge on any atom is -0.726 e. The smallest absolute Gasteiger partial charge is 0.217 e. The Morgan fingerprint density at radius 1 is 0.857 bits per heavy atom. The zero-order chi connectivity index (χ0) is 15.7. The molecule has 0 aliphatic rings. The average Bonchev–Trinajstić information content (AvgIpc) is 2.35. The lowest BCUT2D eigenvalue weighted by Crippen LogP contribution is -2.05. The molecule has 5 N–H and O–H groups in total. The first-order valence-corrected chi connectivity index (χ1v) is 9.02. The normalized spacial score (nSPS) is 10.5. The molecule has 0 atom stereocenters. The second-order valence-electron chi connectivity index (χ2n) is 4.73. The number of quaternary nitrogens is 1. The van der Waals surface area contributed by atoms with Gasteiger partial charge in [0.1, 0.15) is 0 Å². The molecule has 0 heterocycles. The summed E-state index contributed by atoms with van der Waals surface area (Å²) in [6, 6.07) is 0. The van der Waals surface area contributed by atoms with Gasteiger partial charge in [-0.3, -0.25) is 4.18 Å². The fourth-order valence-corrected chi connectivity index (χ4v) is 2.07. The van der Waals surface area contributed by atoms with Crippen molar-refractivity contribution in [3.8, 4) is 0 Å². The molecular formula is C14H35NO5S. The molecule has 0 spiro atoms. The van der Waals surface area contributed by atoms with Crippen molar-refractivity contribution < 1.29 is 22.3 Å². The molecule has 132 valence electrons. The van der Waals surface area contributed by atoms with Crippen molar-refractivity contribution in [3.05, 3.63) is 0 Å². The first-order valence-electron chi connectivity index (χ1n) is 7.69. The highest BCUT2D eigenvalue weighted by Crippen LogP contribution is 2.10. The number of hydrogen-bond acceptors (Lipinski definition) is 5. The summed E-state index contributed by atoms with van der Waals surface area (Å²) in [4.78, 5) is 0. The molecule has 6 nitrogen and oxygen atoms in total. The maximum atomic E-state index is 10.1. The lowest BCUT2D eigenvalue weighted by molar-refractivity contribution is 0.255. The highest BCUT2D eigenvalue weighted by atomic mass is 32.3. The van der Waals surface area contributed by atoms with Crippen LogP contribution in [0.15, 0.2) is 0 Å². The Labute approximate surface area is 130 Å². The van der Waals surface area contributed by atoms with Gasteiger partial charge in [-0.05, 0) is 13.3 Å². The van der Waals surface area contributed by atoms with Crippen LogP contribution in [-0.2, 0) is 14.6 Å². The molecule has 0 unspecified atom stereocenters. The van der Waals surface area contributed by atoms with E-state index < -0.39 is 10.4 Å². The van der Waals surface area contributed by atoms with Crippen LogP contribution < -0.4 is 6.15 Å². The van der Waals surface area contributed by atoms with Crippen LogP contribution in [0.5, 0.6) is 0 Å². The highest BCUT2D eigenvalue weighted by Gasteiger charge is 1.95. The van der Waals surface area contributed by atoms with Crippen LogP contribution in [0.1, 0.15) is 78.1 Å². The molecule has 0 aromatic rings. The molecule has 0 aromatic carbocycles. The Morgan fingerprint density at radius 2 is 1.19 bits per heavy atom. The van der Waals surface area contributed by atoms with Crippen LogP contribution in [-0.4, -0.2) is 31.3 Å². The van der Waals surface area contributed by atoms with E-state index in [9.17, 15) is 13.0 Å². The third kappa shape index (κ3) is 32.9. The molecule has 0 rings (SSSR count). The predicted molar refractivity (Wildman–Crippen MR) is 86.2 cm³/mol. The van der Waals surface area contributed by atoms with E-state index in [1.165, 1.54) is 44.9 Å². The third-order valence-corrected chi connectivity index (χ3v) is 3.18. The summed E-state index contributed by atoms with van der Waals surface area (Å²) in [5, 5.41) is 7.57. The van der Waals surface area contributed by atoms with Crippen LogP contribution >= 0.6 is 0 Å². The Hall–Kier alpha value is -0.210. The van der Waals surface area contributed by atoms with Crippen molar-refractivity contribution in [2.75, 3.05) is 13.2 Å². The van der Waals surface area contributed by atoms with E-state index in [2.05, 4.69) is 11.1 Å². The molecule has 7 heteroatoms. The first-order chi connectivity index (χ1) is 9.47. The van der Waals surface area contributed by atoms with Crippen LogP contribution in [0.4, 0.5) is 0 Å². The summed E-state index contributed by atoms with van der Waals surface area (Å²) < 4.78 is 34.5. The number of aliphatic hydroxyl groups is 1.